The van der Waals surface area contributed by atoms with Crippen LogP contribution in [0.5, 0.6) is 0 Å². The fraction of sp³-hybridized carbons (Fsp3) is 0.474. The Labute approximate surface area is 147 Å². The van der Waals surface area contributed by atoms with Crippen LogP contribution in [0.1, 0.15) is 42.3 Å². The van der Waals surface area contributed by atoms with E-state index in [1.54, 1.807) is 0 Å². The van der Waals surface area contributed by atoms with Crippen LogP contribution in [0.4, 0.5) is 0 Å². The SMILES string of the molecule is O=C(O)CCc1cc2n(n1)CCCN(CC[C@@H](O)c1ccccc1)C2. The summed E-state index contributed by atoms with van der Waals surface area (Å²) in [6.45, 7) is 3.46. The lowest BCUT2D eigenvalue weighted by molar-refractivity contribution is -0.136. The van der Waals surface area contributed by atoms with E-state index < -0.39 is 12.1 Å². The number of benzene rings is 1. The minimum absolute atomic E-state index is 0.115. The van der Waals surface area contributed by atoms with Crippen molar-refractivity contribution in [2.75, 3.05) is 13.1 Å². The molecule has 2 heterocycles. The maximum Gasteiger partial charge on any atom is 0.303 e. The van der Waals surface area contributed by atoms with Gasteiger partial charge in [0, 0.05) is 32.6 Å². The Kier molecular flexibility index (Phi) is 5.83. The molecule has 0 fully saturated rings. The van der Waals surface area contributed by atoms with Gasteiger partial charge in [0.05, 0.1) is 23.9 Å². The van der Waals surface area contributed by atoms with Gasteiger partial charge in [0.1, 0.15) is 0 Å². The van der Waals surface area contributed by atoms with Gasteiger partial charge in [-0.15, -0.1) is 0 Å². The predicted octanol–water partition coefficient (Wildman–Crippen LogP) is 2.23. The summed E-state index contributed by atoms with van der Waals surface area (Å²) >= 11 is 0. The van der Waals surface area contributed by atoms with Crippen LogP contribution in [0.15, 0.2) is 36.4 Å². The molecule has 0 spiro atoms. The van der Waals surface area contributed by atoms with Gasteiger partial charge in [-0.1, -0.05) is 30.3 Å². The minimum atomic E-state index is -0.792. The van der Waals surface area contributed by atoms with Crippen LogP contribution in [0.2, 0.25) is 0 Å². The Morgan fingerprint density at radius 2 is 2.04 bits per heavy atom. The second-order valence-corrected chi connectivity index (χ2v) is 6.59. The molecule has 6 heteroatoms. The van der Waals surface area contributed by atoms with Crippen molar-refractivity contribution >= 4 is 5.97 Å². The molecule has 1 atom stereocenters. The topological polar surface area (TPSA) is 78.6 Å². The zero-order valence-electron chi connectivity index (χ0n) is 14.3. The number of hydrogen-bond donors (Lipinski definition) is 2. The lowest BCUT2D eigenvalue weighted by atomic mass is 10.1. The van der Waals surface area contributed by atoms with E-state index in [1.807, 2.05) is 41.1 Å². The van der Waals surface area contributed by atoms with E-state index in [-0.39, 0.29) is 6.42 Å². The molecule has 1 aliphatic heterocycles. The van der Waals surface area contributed by atoms with Gasteiger partial charge in [-0.05, 0) is 24.5 Å². The molecule has 0 unspecified atom stereocenters. The molecule has 2 N–H and O–H groups in total. The van der Waals surface area contributed by atoms with E-state index in [9.17, 15) is 9.90 Å². The largest absolute Gasteiger partial charge is 0.481 e. The molecule has 3 rings (SSSR count). The Morgan fingerprint density at radius 3 is 2.80 bits per heavy atom. The first-order valence-electron chi connectivity index (χ1n) is 8.84. The Morgan fingerprint density at radius 1 is 1.24 bits per heavy atom. The molecule has 0 radical (unpaired) electrons. The highest BCUT2D eigenvalue weighted by Gasteiger charge is 2.18. The summed E-state index contributed by atoms with van der Waals surface area (Å²) in [7, 11) is 0. The number of hydrogen-bond acceptors (Lipinski definition) is 4. The molecule has 1 aromatic heterocycles. The fourth-order valence-electron chi connectivity index (χ4n) is 3.28. The number of carbonyl (C=O) groups is 1. The van der Waals surface area contributed by atoms with Gasteiger partial charge in [-0.2, -0.15) is 5.10 Å². The first-order chi connectivity index (χ1) is 12.1. The van der Waals surface area contributed by atoms with E-state index in [0.717, 1.165) is 49.6 Å². The molecule has 0 saturated heterocycles. The summed E-state index contributed by atoms with van der Waals surface area (Å²) in [5, 5.41) is 23.7. The Hall–Kier alpha value is -2.18. The average Bonchev–Trinajstić information content (AvgIpc) is 2.90. The molecule has 134 valence electrons. The number of aromatic nitrogens is 2. The molecule has 2 aromatic rings. The Bertz CT molecular complexity index is 699. The van der Waals surface area contributed by atoms with Crippen molar-refractivity contribution in [3.8, 4) is 0 Å². The van der Waals surface area contributed by atoms with Crippen LogP contribution in [-0.2, 0) is 24.3 Å². The number of aryl methyl sites for hydroxylation is 2. The zero-order valence-corrected chi connectivity index (χ0v) is 14.3. The quantitative estimate of drug-likeness (QED) is 0.806. The van der Waals surface area contributed by atoms with Crippen molar-refractivity contribution < 1.29 is 15.0 Å². The second-order valence-electron chi connectivity index (χ2n) is 6.59. The second kappa shape index (κ2) is 8.27. The highest BCUT2D eigenvalue weighted by atomic mass is 16.4. The van der Waals surface area contributed by atoms with Crippen molar-refractivity contribution in [3.05, 3.63) is 53.3 Å². The lowest BCUT2D eigenvalue weighted by Gasteiger charge is -2.21. The molecule has 0 amide bonds. The molecule has 0 saturated carbocycles. The van der Waals surface area contributed by atoms with E-state index >= 15 is 0 Å². The van der Waals surface area contributed by atoms with Crippen molar-refractivity contribution in [2.24, 2.45) is 0 Å². The van der Waals surface area contributed by atoms with Gasteiger partial charge in [-0.25, -0.2) is 0 Å². The molecule has 0 aliphatic carbocycles. The number of carboxylic acids is 1. The Balaban J connectivity index is 1.56. The number of aliphatic hydroxyl groups is 1. The lowest BCUT2D eigenvalue weighted by Crippen LogP contribution is -2.25. The zero-order chi connectivity index (χ0) is 17.6. The van der Waals surface area contributed by atoms with E-state index in [0.29, 0.717) is 12.8 Å². The first kappa shape index (κ1) is 17.6. The van der Waals surface area contributed by atoms with Crippen LogP contribution in [0, 0.1) is 0 Å². The third-order valence-corrected chi connectivity index (χ3v) is 4.64. The average molecular weight is 343 g/mol. The number of aliphatic hydroxyl groups excluding tert-OH is 1. The summed E-state index contributed by atoms with van der Waals surface area (Å²) in [6.07, 6.45) is 1.85. The number of aliphatic carboxylic acids is 1. The highest BCUT2D eigenvalue weighted by molar-refractivity contribution is 5.66. The molecule has 6 nitrogen and oxygen atoms in total. The van der Waals surface area contributed by atoms with Crippen molar-refractivity contribution in [1.82, 2.24) is 14.7 Å². The van der Waals surface area contributed by atoms with Crippen molar-refractivity contribution in [3.63, 3.8) is 0 Å². The molecular weight excluding hydrogens is 318 g/mol. The summed E-state index contributed by atoms with van der Waals surface area (Å²) < 4.78 is 2.00. The number of fused-ring (bicyclic) bond motifs is 1. The number of nitrogens with zero attached hydrogens (tertiary/aromatic N) is 3. The predicted molar refractivity (Wildman–Crippen MR) is 94.1 cm³/mol. The molecule has 1 aromatic carbocycles. The monoisotopic (exact) mass is 343 g/mol. The summed E-state index contributed by atoms with van der Waals surface area (Å²) in [6, 6.07) is 11.8. The van der Waals surface area contributed by atoms with Gasteiger partial charge in [-0.3, -0.25) is 14.4 Å². The standard InChI is InChI=1S/C19H25N3O3/c23-18(15-5-2-1-3-6-15)9-12-21-10-4-11-22-17(14-21)13-16(20-22)7-8-19(24)25/h1-3,5-6,13,18,23H,4,7-12,14H2,(H,24,25)/t18-/m1/s1. The summed E-state index contributed by atoms with van der Waals surface area (Å²) in [4.78, 5) is 13.1. The van der Waals surface area contributed by atoms with Crippen molar-refractivity contribution in [2.45, 2.75) is 44.9 Å². The van der Waals surface area contributed by atoms with Crippen molar-refractivity contribution in [1.29, 1.82) is 0 Å². The summed E-state index contributed by atoms with van der Waals surface area (Å²) in [5.41, 5.74) is 2.94. The van der Waals surface area contributed by atoms with Gasteiger partial charge in [0.2, 0.25) is 0 Å². The summed E-state index contributed by atoms with van der Waals surface area (Å²) in [5.74, 6) is -0.792. The molecule has 25 heavy (non-hydrogen) atoms. The minimum Gasteiger partial charge on any atom is -0.481 e. The fourth-order valence-corrected chi connectivity index (χ4v) is 3.28. The smallest absolute Gasteiger partial charge is 0.303 e. The molecular formula is C19H25N3O3. The number of rotatable bonds is 7. The maximum absolute atomic E-state index is 10.7. The van der Waals surface area contributed by atoms with Crippen LogP contribution in [0.25, 0.3) is 0 Å². The van der Waals surface area contributed by atoms with Crippen LogP contribution in [-0.4, -0.2) is 44.0 Å². The number of carboxylic acid groups (broad SMARTS) is 1. The van der Waals surface area contributed by atoms with Gasteiger partial charge in [0.25, 0.3) is 0 Å². The van der Waals surface area contributed by atoms with E-state index in [1.165, 1.54) is 0 Å². The maximum atomic E-state index is 10.7. The third kappa shape index (κ3) is 4.90. The first-order valence-corrected chi connectivity index (χ1v) is 8.84. The molecule has 0 bridgehead atoms. The van der Waals surface area contributed by atoms with Crippen LogP contribution in [0.3, 0.4) is 0 Å². The van der Waals surface area contributed by atoms with Gasteiger partial charge in [0.15, 0.2) is 0 Å². The van der Waals surface area contributed by atoms with Crippen LogP contribution >= 0.6 is 0 Å². The van der Waals surface area contributed by atoms with Crippen LogP contribution < -0.4 is 0 Å². The third-order valence-electron chi connectivity index (χ3n) is 4.64. The normalized spacial score (nSPS) is 16.2. The van der Waals surface area contributed by atoms with Gasteiger partial charge < -0.3 is 10.2 Å². The van der Waals surface area contributed by atoms with E-state index in [2.05, 4.69) is 10.00 Å². The highest BCUT2D eigenvalue weighted by Crippen LogP contribution is 2.19. The van der Waals surface area contributed by atoms with E-state index in [4.69, 9.17) is 5.11 Å². The van der Waals surface area contributed by atoms with Gasteiger partial charge >= 0.3 is 5.97 Å². The molecule has 1 aliphatic rings.